The van der Waals surface area contributed by atoms with Crippen LogP contribution < -0.4 is 10.5 Å². The van der Waals surface area contributed by atoms with Gasteiger partial charge in [0, 0.05) is 12.0 Å². The molecule has 1 unspecified atom stereocenters. The lowest BCUT2D eigenvalue weighted by Gasteiger charge is -2.26. The van der Waals surface area contributed by atoms with Crippen LogP contribution in [0.2, 0.25) is 0 Å². The highest BCUT2D eigenvalue weighted by Gasteiger charge is 2.34. The maximum atomic E-state index is 13.2. The van der Waals surface area contributed by atoms with Crippen LogP contribution in [0.1, 0.15) is 23.7 Å². The first-order valence-electron chi connectivity index (χ1n) is 7.25. The summed E-state index contributed by atoms with van der Waals surface area (Å²) in [5.74, 6) is 0.473. The summed E-state index contributed by atoms with van der Waals surface area (Å²) in [4.78, 5) is 11.0. The third-order valence-corrected chi connectivity index (χ3v) is 3.80. The Balaban J connectivity index is 2.07. The van der Waals surface area contributed by atoms with Crippen molar-refractivity contribution in [2.75, 3.05) is 6.61 Å². The number of hydrogen-bond donors (Lipinski definition) is 1. The van der Waals surface area contributed by atoms with Gasteiger partial charge in [-0.05, 0) is 29.3 Å². The van der Waals surface area contributed by atoms with Gasteiger partial charge in [0.05, 0.1) is 12.2 Å². The largest absolute Gasteiger partial charge is 0.493 e. The fraction of sp³-hybridized carbons (Fsp3) is 0.235. The lowest BCUT2D eigenvalue weighted by Crippen LogP contribution is -2.22. The highest BCUT2D eigenvalue weighted by molar-refractivity contribution is 5.71. The zero-order valence-corrected chi connectivity index (χ0v) is 12.5. The number of hydrogen-bond acceptors (Lipinski definition) is 3. The number of nitrogens with two attached hydrogens (primary N) is 1. The fourth-order valence-corrected chi connectivity index (χ4v) is 2.78. The number of benzene rings is 2. The zero-order chi connectivity index (χ0) is 17.3. The summed E-state index contributed by atoms with van der Waals surface area (Å²) in [6.07, 6.45) is -5.65. The van der Waals surface area contributed by atoms with E-state index in [0.29, 0.717) is 29.9 Å². The molecule has 0 aromatic heterocycles. The second-order valence-electron chi connectivity index (χ2n) is 5.36. The fourth-order valence-electron chi connectivity index (χ4n) is 2.78. The number of halogens is 3. The van der Waals surface area contributed by atoms with Crippen molar-refractivity contribution in [3.05, 3.63) is 53.6 Å². The van der Waals surface area contributed by atoms with Crippen LogP contribution in [0, 0.1) is 0 Å². The molecular formula is C17H14F3NO3. The van der Waals surface area contributed by atoms with Crippen LogP contribution in [0.25, 0.3) is 11.1 Å². The van der Waals surface area contributed by atoms with Crippen molar-refractivity contribution < 1.29 is 27.4 Å². The van der Waals surface area contributed by atoms with Crippen LogP contribution in [0.5, 0.6) is 5.75 Å². The Morgan fingerprint density at radius 1 is 1.21 bits per heavy atom. The minimum Gasteiger partial charge on any atom is -0.493 e. The van der Waals surface area contributed by atoms with E-state index in [-0.39, 0.29) is 5.56 Å². The monoisotopic (exact) mass is 337 g/mol. The third-order valence-electron chi connectivity index (χ3n) is 3.80. The number of fused-ring (bicyclic) bond motifs is 1. The molecule has 2 aromatic carbocycles. The Kier molecular flexibility index (Phi) is 4.09. The number of amides is 1. The van der Waals surface area contributed by atoms with Crippen LogP contribution in [-0.4, -0.2) is 12.7 Å². The van der Waals surface area contributed by atoms with Crippen molar-refractivity contribution in [1.29, 1.82) is 0 Å². The molecule has 7 heteroatoms. The topological polar surface area (TPSA) is 61.6 Å². The molecule has 4 nitrogen and oxygen atoms in total. The van der Waals surface area contributed by atoms with Crippen molar-refractivity contribution in [3.8, 4) is 16.9 Å². The van der Waals surface area contributed by atoms with Gasteiger partial charge in [-0.2, -0.15) is 13.2 Å². The van der Waals surface area contributed by atoms with Gasteiger partial charge in [0.15, 0.2) is 0 Å². The molecule has 0 aliphatic carbocycles. The zero-order valence-electron chi connectivity index (χ0n) is 12.5. The number of alkyl halides is 3. The van der Waals surface area contributed by atoms with E-state index in [1.165, 1.54) is 18.2 Å². The smallest absolute Gasteiger partial charge is 0.417 e. The van der Waals surface area contributed by atoms with Crippen molar-refractivity contribution in [2.45, 2.75) is 18.7 Å². The maximum absolute atomic E-state index is 13.2. The lowest BCUT2D eigenvalue weighted by atomic mass is 9.94. The Morgan fingerprint density at radius 3 is 2.67 bits per heavy atom. The molecule has 1 aliphatic rings. The van der Waals surface area contributed by atoms with E-state index < -0.39 is 23.9 Å². The predicted molar refractivity (Wildman–Crippen MR) is 80.4 cm³/mol. The van der Waals surface area contributed by atoms with Gasteiger partial charge in [-0.25, -0.2) is 4.79 Å². The minimum absolute atomic E-state index is 0.0520. The molecule has 2 N–H and O–H groups in total. The Hall–Kier alpha value is -2.70. The Bertz CT molecular complexity index is 774. The van der Waals surface area contributed by atoms with E-state index in [9.17, 15) is 18.0 Å². The third kappa shape index (κ3) is 3.15. The molecule has 0 saturated heterocycles. The molecule has 0 saturated carbocycles. The summed E-state index contributed by atoms with van der Waals surface area (Å²) in [6.45, 7) is 0.337. The van der Waals surface area contributed by atoms with Gasteiger partial charge in [0.2, 0.25) is 0 Å². The standard InChI is InChI=1S/C17H14F3NO3/c18-17(19,20)13-4-2-1-3-11(13)10-5-6-14-12(9-10)15(7-8-23-14)24-16(21)22/h1-6,9,15H,7-8H2,(H2,21,22). The van der Waals surface area contributed by atoms with Crippen molar-refractivity contribution >= 4 is 6.09 Å². The van der Waals surface area contributed by atoms with Gasteiger partial charge in [0.25, 0.3) is 0 Å². The molecule has 1 amide bonds. The SMILES string of the molecule is NC(=O)OC1CCOc2ccc(-c3ccccc3C(F)(F)F)cc21. The van der Waals surface area contributed by atoms with Gasteiger partial charge < -0.3 is 15.2 Å². The number of primary amides is 1. The van der Waals surface area contributed by atoms with Gasteiger partial charge in [0.1, 0.15) is 11.9 Å². The van der Waals surface area contributed by atoms with E-state index in [1.54, 1.807) is 18.2 Å². The molecular weight excluding hydrogens is 323 g/mol. The highest BCUT2D eigenvalue weighted by Crippen LogP contribution is 2.41. The molecule has 0 bridgehead atoms. The first kappa shape index (κ1) is 16.2. The van der Waals surface area contributed by atoms with E-state index in [1.807, 2.05) is 0 Å². The van der Waals surface area contributed by atoms with Crippen LogP contribution in [0.3, 0.4) is 0 Å². The summed E-state index contributed by atoms with van der Waals surface area (Å²) in [6, 6.07) is 9.99. The molecule has 0 spiro atoms. The molecule has 1 atom stereocenters. The molecule has 126 valence electrons. The normalized spacial score (nSPS) is 16.9. The summed E-state index contributed by atoms with van der Waals surface area (Å²) < 4.78 is 50.1. The van der Waals surface area contributed by atoms with E-state index in [2.05, 4.69) is 0 Å². The molecule has 2 aromatic rings. The van der Waals surface area contributed by atoms with Gasteiger partial charge in [-0.1, -0.05) is 24.3 Å². The molecule has 0 radical (unpaired) electrons. The number of ether oxygens (including phenoxy) is 2. The average molecular weight is 337 g/mol. The minimum atomic E-state index is -4.47. The summed E-state index contributed by atoms with van der Waals surface area (Å²) in [5.41, 5.74) is 5.26. The van der Waals surface area contributed by atoms with E-state index in [0.717, 1.165) is 6.07 Å². The Labute approximate surface area is 136 Å². The number of rotatable bonds is 2. The predicted octanol–water partition coefficient (Wildman–Crippen LogP) is 4.29. The van der Waals surface area contributed by atoms with Crippen molar-refractivity contribution in [2.24, 2.45) is 5.73 Å². The van der Waals surface area contributed by atoms with Crippen LogP contribution in [0.4, 0.5) is 18.0 Å². The lowest BCUT2D eigenvalue weighted by molar-refractivity contribution is -0.137. The summed E-state index contributed by atoms with van der Waals surface area (Å²) in [7, 11) is 0. The van der Waals surface area contributed by atoms with Crippen molar-refractivity contribution in [3.63, 3.8) is 0 Å². The second kappa shape index (κ2) is 6.07. The molecule has 1 aliphatic heterocycles. The van der Waals surface area contributed by atoms with E-state index >= 15 is 0 Å². The average Bonchev–Trinajstić information content (AvgIpc) is 2.53. The molecule has 1 heterocycles. The number of carbonyl (C=O) groups is 1. The molecule has 3 rings (SSSR count). The summed E-state index contributed by atoms with van der Waals surface area (Å²) in [5, 5.41) is 0. The number of carbonyl (C=O) groups excluding carboxylic acids is 1. The first-order chi connectivity index (χ1) is 11.4. The van der Waals surface area contributed by atoms with E-state index in [4.69, 9.17) is 15.2 Å². The van der Waals surface area contributed by atoms with Crippen LogP contribution in [-0.2, 0) is 10.9 Å². The quantitative estimate of drug-likeness (QED) is 0.889. The summed E-state index contributed by atoms with van der Waals surface area (Å²) >= 11 is 0. The molecule has 0 fully saturated rings. The highest BCUT2D eigenvalue weighted by atomic mass is 19.4. The van der Waals surface area contributed by atoms with Crippen LogP contribution >= 0.6 is 0 Å². The van der Waals surface area contributed by atoms with Crippen molar-refractivity contribution in [1.82, 2.24) is 0 Å². The first-order valence-corrected chi connectivity index (χ1v) is 7.25. The van der Waals surface area contributed by atoms with Crippen LogP contribution in [0.15, 0.2) is 42.5 Å². The maximum Gasteiger partial charge on any atom is 0.417 e. The van der Waals surface area contributed by atoms with Gasteiger partial charge >= 0.3 is 12.3 Å². The van der Waals surface area contributed by atoms with Gasteiger partial charge in [-0.15, -0.1) is 0 Å². The Morgan fingerprint density at radius 2 is 1.96 bits per heavy atom. The van der Waals surface area contributed by atoms with Gasteiger partial charge in [-0.3, -0.25) is 0 Å². The second-order valence-corrected chi connectivity index (χ2v) is 5.36. The molecule has 24 heavy (non-hydrogen) atoms.